The quantitative estimate of drug-likeness (QED) is 0.801. The van der Waals surface area contributed by atoms with Gasteiger partial charge in [-0.1, -0.05) is 6.42 Å². The van der Waals surface area contributed by atoms with Gasteiger partial charge in [0.1, 0.15) is 0 Å². The number of aryl methyl sites for hydroxylation is 1. The highest BCUT2D eigenvalue weighted by Gasteiger charge is 2.17. The Kier molecular flexibility index (Phi) is 4.01. The standard InChI is InChI=1S/C11H17N3OS/c1-9-5-7-13-11(14-9)16(15)8-10-4-2-3-6-12-10/h5,7,10,12H,2-4,6,8H2,1H3/t10-,16+/m1/s1. The molecule has 1 aliphatic rings. The van der Waals surface area contributed by atoms with Crippen molar-refractivity contribution in [1.29, 1.82) is 0 Å². The number of nitrogens with zero attached hydrogens (tertiary/aromatic N) is 2. The van der Waals surface area contributed by atoms with Crippen LogP contribution in [0, 0.1) is 6.92 Å². The van der Waals surface area contributed by atoms with Crippen molar-refractivity contribution in [3.8, 4) is 0 Å². The second-order valence-corrected chi connectivity index (χ2v) is 5.53. The Hall–Kier alpha value is -0.810. The molecular weight excluding hydrogens is 222 g/mol. The first-order valence-corrected chi connectivity index (χ1v) is 6.99. The molecule has 1 fully saturated rings. The number of piperidine rings is 1. The van der Waals surface area contributed by atoms with Crippen molar-refractivity contribution >= 4 is 10.8 Å². The zero-order valence-electron chi connectivity index (χ0n) is 9.48. The van der Waals surface area contributed by atoms with Gasteiger partial charge in [-0.15, -0.1) is 0 Å². The predicted octanol–water partition coefficient (Wildman–Crippen LogP) is 1.03. The zero-order chi connectivity index (χ0) is 11.4. The smallest absolute Gasteiger partial charge is 0.218 e. The maximum Gasteiger partial charge on any atom is 0.218 e. The highest BCUT2D eigenvalue weighted by molar-refractivity contribution is 7.84. The highest BCUT2D eigenvalue weighted by atomic mass is 32.2. The Morgan fingerprint density at radius 1 is 1.56 bits per heavy atom. The lowest BCUT2D eigenvalue weighted by atomic mass is 10.1. The summed E-state index contributed by atoms with van der Waals surface area (Å²) in [6.07, 6.45) is 5.23. The lowest BCUT2D eigenvalue weighted by Gasteiger charge is -2.22. The maximum absolute atomic E-state index is 12.0. The minimum absolute atomic E-state index is 0.360. The van der Waals surface area contributed by atoms with E-state index in [9.17, 15) is 4.21 Å². The minimum atomic E-state index is -1.08. The summed E-state index contributed by atoms with van der Waals surface area (Å²) in [6, 6.07) is 2.18. The molecule has 1 aliphatic heterocycles. The van der Waals surface area contributed by atoms with Gasteiger partial charge < -0.3 is 5.32 Å². The number of nitrogens with one attached hydrogen (secondary N) is 1. The predicted molar refractivity (Wildman–Crippen MR) is 63.7 cm³/mol. The highest BCUT2D eigenvalue weighted by Crippen LogP contribution is 2.10. The first kappa shape index (κ1) is 11.7. The monoisotopic (exact) mass is 239 g/mol. The fraction of sp³-hybridized carbons (Fsp3) is 0.636. The van der Waals surface area contributed by atoms with Crippen LogP contribution in [0.25, 0.3) is 0 Å². The van der Waals surface area contributed by atoms with Gasteiger partial charge in [0.15, 0.2) is 0 Å². The van der Waals surface area contributed by atoms with E-state index in [0.29, 0.717) is 17.0 Å². The first-order chi connectivity index (χ1) is 7.75. The molecule has 0 unspecified atom stereocenters. The number of hydrogen-bond donors (Lipinski definition) is 1. The summed E-state index contributed by atoms with van der Waals surface area (Å²) < 4.78 is 12.0. The number of aromatic nitrogens is 2. The van der Waals surface area contributed by atoms with Gasteiger partial charge >= 0.3 is 0 Å². The summed E-state index contributed by atoms with van der Waals surface area (Å²) in [5.74, 6) is 0.628. The molecular formula is C11H17N3OS. The van der Waals surface area contributed by atoms with Crippen LogP contribution in [0.2, 0.25) is 0 Å². The number of rotatable bonds is 3. The van der Waals surface area contributed by atoms with Gasteiger partial charge in [-0.2, -0.15) is 0 Å². The second-order valence-electron chi connectivity index (χ2n) is 4.14. The van der Waals surface area contributed by atoms with E-state index >= 15 is 0 Å². The van der Waals surface area contributed by atoms with Crippen molar-refractivity contribution < 1.29 is 4.21 Å². The molecule has 2 atom stereocenters. The third kappa shape index (κ3) is 3.09. The molecule has 0 spiro atoms. The molecule has 1 N–H and O–H groups in total. The van der Waals surface area contributed by atoms with Crippen molar-refractivity contribution in [3.05, 3.63) is 18.0 Å². The fourth-order valence-electron chi connectivity index (χ4n) is 1.86. The van der Waals surface area contributed by atoms with Gasteiger partial charge in [0, 0.05) is 23.7 Å². The maximum atomic E-state index is 12.0. The fourth-order valence-corrected chi connectivity index (χ4v) is 3.08. The summed E-state index contributed by atoms with van der Waals surface area (Å²) in [5.41, 5.74) is 0.870. The van der Waals surface area contributed by atoms with Gasteiger partial charge in [0.2, 0.25) is 5.16 Å². The molecule has 16 heavy (non-hydrogen) atoms. The van der Waals surface area contributed by atoms with Crippen molar-refractivity contribution in [2.75, 3.05) is 12.3 Å². The first-order valence-electron chi connectivity index (χ1n) is 5.67. The van der Waals surface area contributed by atoms with Crippen molar-refractivity contribution in [3.63, 3.8) is 0 Å². The summed E-state index contributed by atoms with van der Waals surface area (Å²) >= 11 is 0. The van der Waals surface area contributed by atoms with E-state index < -0.39 is 10.8 Å². The normalized spacial score (nSPS) is 22.9. The van der Waals surface area contributed by atoms with Crippen LogP contribution in [0.3, 0.4) is 0 Å². The van der Waals surface area contributed by atoms with E-state index in [4.69, 9.17) is 0 Å². The van der Waals surface area contributed by atoms with Crippen molar-refractivity contribution in [1.82, 2.24) is 15.3 Å². The van der Waals surface area contributed by atoms with Gasteiger partial charge in [-0.3, -0.25) is 4.21 Å². The molecule has 1 saturated heterocycles. The third-order valence-corrected chi connectivity index (χ3v) is 4.05. The average Bonchev–Trinajstić information content (AvgIpc) is 2.30. The summed E-state index contributed by atoms with van der Waals surface area (Å²) in [6.45, 7) is 2.93. The van der Waals surface area contributed by atoms with E-state index in [1.807, 2.05) is 13.0 Å². The van der Waals surface area contributed by atoms with Crippen molar-refractivity contribution in [2.45, 2.75) is 37.4 Å². The molecule has 2 heterocycles. The molecule has 0 bridgehead atoms. The summed E-state index contributed by atoms with van der Waals surface area (Å²) in [4.78, 5) is 8.27. The van der Waals surface area contributed by atoms with Crippen LogP contribution in [-0.4, -0.2) is 32.5 Å². The van der Waals surface area contributed by atoms with Crippen molar-refractivity contribution in [2.24, 2.45) is 0 Å². The van der Waals surface area contributed by atoms with Crippen LogP contribution in [-0.2, 0) is 10.8 Å². The average molecular weight is 239 g/mol. The van der Waals surface area contributed by atoms with Gasteiger partial charge in [0.05, 0.1) is 10.8 Å². The minimum Gasteiger partial charge on any atom is -0.313 e. The van der Waals surface area contributed by atoms with Crippen LogP contribution in [0.1, 0.15) is 25.0 Å². The van der Waals surface area contributed by atoms with Gasteiger partial charge in [-0.25, -0.2) is 9.97 Å². The molecule has 5 heteroatoms. The van der Waals surface area contributed by atoms with E-state index in [2.05, 4.69) is 15.3 Å². The molecule has 0 radical (unpaired) electrons. The Balaban J connectivity index is 1.97. The Labute approximate surface area is 98.3 Å². The Morgan fingerprint density at radius 2 is 2.44 bits per heavy atom. The zero-order valence-corrected chi connectivity index (χ0v) is 10.3. The number of hydrogen-bond acceptors (Lipinski definition) is 4. The lowest BCUT2D eigenvalue weighted by Crippen LogP contribution is -2.38. The van der Waals surface area contributed by atoms with E-state index in [0.717, 1.165) is 18.7 Å². The van der Waals surface area contributed by atoms with Crippen LogP contribution in [0.4, 0.5) is 0 Å². The van der Waals surface area contributed by atoms with Gasteiger partial charge in [-0.05, 0) is 32.4 Å². The molecule has 2 rings (SSSR count). The largest absolute Gasteiger partial charge is 0.313 e. The van der Waals surface area contributed by atoms with Crippen LogP contribution < -0.4 is 5.32 Å². The molecule has 4 nitrogen and oxygen atoms in total. The topological polar surface area (TPSA) is 54.9 Å². The molecule has 1 aromatic rings. The molecule has 0 saturated carbocycles. The van der Waals surface area contributed by atoms with E-state index in [1.165, 1.54) is 12.8 Å². The second kappa shape index (κ2) is 5.50. The summed E-state index contributed by atoms with van der Waals surface area (Å²) in [5, 5.41) is 3.85. The third-order valence-electron chi connectivity index (χ3n) is 2.74. The molecule has 1 aromatic heterocycles. The molecule has 0 amide bonds. The van der Waals surface area contributed by atoms with Gasteiger partial charge in [0.25, 0.3) is 0 Å². The summed E-state index contributed by atoms with van der Waals surface area (Å²) in [7, 11) is -1.08. The van der Waals surface area contributed by atoms with Crippen LogP contribution in [0.15, 0.2) is 17.4 Å². The molecule has 88 valence electrons. The lowest BCUT2D eigenvalue weighted by molar-refractivity contribution is 0.427. The van der Waals surface area contributed by atoms with Crippen LogP contribution in [0.5, 0.6) is 0 Å². The Bertz CT molecular complexity index is 377. The van der Waals surface area contributed by atoms with E-state index in [1.54, 1.807) is 6.20 Å². The van der Waals surface area contributed by atoms with E-state index in [-0.39, 0.29) is 0 Å². The SMILES string of the molecule is Cc1ccnc([S@@](=O)C[C@H]2CCCCN2)n1. The Morgan fingerprint density at radius 3 is 3.12 bits per heavy atom. The molecule has 0 aromatic carbocycles. The molecule has 0 aliphatic carbocycles. The van der Waals surface area contributed by atoms with Crippen LogP contribution >= 0.6 is 0 Å².